The number of hydrogen-bond acceptors (Lipinski definition) is 7. The fraction of sp³-hybridized carbons (Fsp3) is 0.444. The van der Waals surface area contributed by atoms with Crippen LogP contribution in [-0.4, -0.2) is 48.2 Å². The van der Waals surface area contributed by atoms with Crippen molar-refractivity contribution >= 4 is 11.8 Å². The lowest BCUT2D eigenvalue weighted by atomic mass is 10.2. The highest BCUT2D eigenvalue weighted by molar-refractivity contribution is 5.76. The number of ether oxygens (including phenoxy) is 2. The number of anilines is 1. The van der Waals surface area contributed by atoms with Crippen molar-refractivity contribution in [2.75, 3.05) is 32.2 Å². The maximum atomic E-state index is 11.8. The Balaban J connectivity index is 1.97. The summed E-state index contributed by atoms with van der Waals surface area (Å²) in [6.45, 7) is 2.32. The first-order valence-electron chi connectivity index (χ1n) is 8.39. The maximum absolute atomic E-state index is 11.8. The first kappa shape index (κ1) is 17.1. The van der Waals surface area contributed by atoms with Gasteiger partial charge in [0.05, 0.1) is 13.7 Å². The van der Waals surface area contributed by atoms with E-state index >= 15 is 0 Å². The molecule has 0 amide bonds. The van der Waals surface area contributed by atoms with E-state index in [0.717, 1.165) is 36.3 Å². The number of pyridine rings is 1. The van der Waals surface area contributed by atoms with Gasteiger partial charge in [-0.25, -0.2) is 9.97 Å². The van der Waals surface area contributed by atoms with Crippen LogP contribution in [0, 0.1) is 0 Å². The molecule has 0 saturated carbocycles. The summed E-state index contributed by atoms with van der Waals surface area (Å²) in [7, 11) is 3.46. The monoisotopic (exact) mass is 342 g/mol. The molecule has 1 aliphatic rings. The van der Waals surface area contributed by atoms with E-state index in [1.807, 2.05) is 18.0 Å². The molecule has 0 aromatic carbocycles. The molecule has 0 bridgehead atoms. The fourth-order valence-corrected chi connectivity index (χ4v) is 2.98. The third-order valence-electron chi connectivity index (χ3n) is 4.14. The van der Waals surface area contributed by atoms with Crippen LogP contribution in [0.25, 0.3) is 11.5 Å². The number of aryl methyl sites for hydroxylation is 1. The molecule has 0 unspecified atom stereocenters. The quantitative estimate of drug-likeness (QED) is 0.743. The van der Waals surface area contributed by atoms with E-state index in [4.69, 9.17) is 14.5 Å². The van der Waals surface area contributed by atoms with Crippen LogP contribution in [-0.2, 0) is 22.4 Å². The van der Waals surface area contributed by atoms with Gasteiger partial charge in [-0.15, -0.1) is 0 Å². The molecule has 0 spiro atoms. The van der Waals surface area contributed by atoms with Crippen molar-refractivity contribution in [2.24, 2.45) is 0 Å². The topological polar surface area (TPSA) is 77.4 Å². The van der Waals surface area contributed by atoms with Crippen molar-refractivity contribution in [1.29, 1.82) is 0 Å². The van der Waals surface area contributed by atoms with Crippen LogP contribution in [0.15, 0.2) is 18.3 Å². The number of esters is 1. The van der Waals surface area contributed by atoms with E-state index in [-0.39, 0.29) is 12.5 Å². The molecular formula is C18H22N4O3. The van der Waals surface area contributed by atoms with E-state index in [1.165, 1.54) is 0 Å². The molecule has 0 radical (unpaired) electrons. The lowest BCUT2D eigenvalue weighted by Crippen LogP contribution is -2.29. The molecule has 3 rings (SSSR count). The van der Waals surface area contributed by atoms with Gasteiger partial charge in [-0.2, -0.15) is 0 Å². The van der Waals surface area contributed by atoms with Crippen molar-refractivity contribution in [2.45, 2.75) is 26.2 Å². The number of nitrogens with zero attached hydrogens (tertiary/aromatic N) is 4. The summed E-state index contributed by atoms with van der Waals surface area (Å²) in [5.41, 5.74) is 2.79. The number of likely N-dealkylation sites (N-methyl/N-ethyl adjacent to an activating group) is 1. The molecule has 2 heterocycles. The highest BCUT2D eigenvalue weighted by Crippen LogP contribution is 2.31. The second-order valence-electron chi connectivity index (χ2n) is 5.89. The fourth-order valence-electron chi connectivity index (χ4n) is 2.98. The Labute approximate surface area is 147 Å². The summed E-state index contributed by atoms with van der Waals surface area (Å²) < 4.78 is 10.3. The second-order valence-corrected chi connectivity index (χ2v) is 5.89. The second kappa shape index (κ2) is 7.46. The van der Waals surface area contributed by atoms with Gasteiger partial charge in [0.2, 0.25) is 0 Å². The minimum Gasteiger partial charge on any atom is -0.497 e. The average molecular weight is 342 g/mol. The van der Waals surface area contributed by atoms with Crippen LogP contribution in [0.2, 0.25) is 0 Å². The minimum absolute atomic E-state index is 0.155. The van der Waals surface area contributed by atoms with E-state index in [1.54, 1.807) is 26.3 Å². The highest BCUT2D eigenvalue weighted by Gasteiger charge is 2.23. The molecule has 2 aromatic heterocycles. The standard InChI is InChI=1S/C18H22N4O3/c1-4-25-16(23)11-22(2)18-13-6-5-7-14(13)20-17(21-18)15-10-12(24-3)8-9-19-15/h8-10H,4-7,11H2,1-3H3. The zero-order valence-corrected chi connectivity index (χ0v) is 14.8. The van der Waals surface area contributed by atoms with Gasteiger partial charge in [0, 0.05) is 30.6 Å². The van der Waals surface area contributed by atoms with E-state index < -0.39 is 0 Å². The van der Waals surface area contributed by atoms with Crippen LogP contribution in [0.5, 0.6) is 5.75 Å². The predicted octanol–water partition coefficient (Wildman–Crippen LogP) is 2.04. The normalized spacial score (nSPS) is 12.6. The van der Waals surface area contributed by atoms with Gasteiger partial charge in [0.25, 0.3) is 0 Å². The summed E-state index contributed by atoms with van der Waals surface area (Å²) in [4.78, 5) is 27.4. The lowest BCUT2D eigenvalue weighted by Gasteiger charge is -2.20. The number of fused-ring (bicyclic) bond motifs is 1. The Bertz CT molecular complexity index is 779. The number of rotatable bonds is 6. The van der Waals surface area contributed by atoms with Crippen molar-refractivity contribution < 1.29 is 14.3 Å². The molecule has 7 heteroatoms. The molecule has 0 aliphatic heterocycles. The molecule has 1 aliphatic carbocycles. The van der Waals surface area contributed by atoms with Crippen LogP contribution >= 0.6 is 0 Å². The van der Waals surface area contributed by atoms with E-state index in [2.05, 4.69) is 9.97 Å². The summed E-state index contributed by atoms with van der Waals surface area (Å²) >= 11 is 0. The smallest absolute Gasteiger partial charge is 0.325 e. The first-order valence-corrected chi connectivity index (χ1v) is 8.39. The summed E-state index contributed by atoms with van der Waals surface area (Å²) in [5.74, 6) is 1.76. The van der Waals surface area contributed by atoms with Gasteiger partial charge in [-0.05, 0) is 32.3 Å². The number of aromatic nitrogens is 3. The zero-order chi connectivity index (χ0) is 17.8. The van der Waals surface area contributed by atoms with Crippen molar-refractivity contribution in [3.05, 3.63) is 29.6 Å². The Kier molecular flexibility index (Phi) is 5.11. The molecule has 0 atom stereocenters. The van der Waals surface area contributed by atoms with Gasteiger partial charge in [0.1, 0.15) is 23.8 Å². The molecule has 7 nitrogen and oxygen atoms in total. The van der Waals surface area contributed by atoms with Crippen molar-refractivity contribution in [3.63, 3.8) is 0 Å². The summed E-state index contributed by atoms with van der Waals surface area (Å²) in [6.07, 6.45) is 4.55. The van der Waals surface area contributed by atoms with Crippen LogP contribution in [0.4, 0.5) is 5.82 Å². The van der Waals surface area contributed by atoms with Crippen molar-refractivity contribution in [3.8, 4) is 17.3 Å². The Morgan fingerprint density at radius 3 is 2.92 bits per heavy atom. The first-order chi connectivity index (χ1) is 12.1. The minimum atomic E-state index is -0.267. The predicted molar refractivity (Wildman–Crippen MR) is 93.7 cm³/mol. The van der Waals surface area contributed by atoms with Gasteiger partial charge >= 0.3 is 5.97 Å². The molecule has 0 N–H and O–H groups in total. The SMILES string of the molecule is CCOC(=O)CN(C)c1nc(-c2cc(OC)ccn2)nc2c1CCC2. The number of carbonyl (C=O) groups excluding carboxylic acids is 1. The van der Waals surface area contributed by atoms with Gasteiger partial charge in [0.15, 0.2) is 5.82 Å². The third kappa shape index (κ3) is 3.70. The van der Waals surface area contributed by atoms with E-state index in [0.29, 0.717) is 23.9 Å². The number of methoxy groups -OCH3 is 1. The summed E-state index contributed by atoms with van der Waals surface area (Å²) in [5, 5.41) is 0. The molecular weight excluding hydrogens is 320 g/mol. The third-order valence-corrected chi connectivity index (χ3v) is 4.14. The Morgan fingerprint density at radius 2 is 2.16 bits per heavy atom. The van der Waals surface area contributed by atoms with E-state index in [9.17, 15) is 4.79 Å². The van der Waals surface area contributed by atoms with Gasteiger partial charge in [-0.1, -0.05) is 0 Å². The van der Waals surface area contributed by atoms with Crippen molar-refractivity contribution in [1.82, 2.24) is 15.0 Å². The molecule has 132 valence electrons. The van der Waals surface area contributed by atoms with Crippen LogP contribution in [0.1, 0.15) is 24.6 Å². The summed E-state index contributed by atoms with van der Waals surface area (Å²) in [6, 6.07) is 3.59. The van der Waals surface area contributed by atoms with Crippen LogP contribution < -0.4 is 9.64 Å². The molecule has 2 aromatic rings. The number of carbonyl (C=O) groups is 1. The Morgan fingerprint density at radius 1 is 1.32 bits per heavy atom. The number of hydrogen-bond donors (Lipinski definition) is 0. The van der Waals surface area contributed by atoms with Gasteiger partial charge < -0.3 is 14.4 Å². The zero-order valence-electron chi connectivity index (χ0n) is 14.8. The Hall–Kier alpha value is -2.70. The molecule has 25 heavy (non-hydrogen) atoms. The maximum Gasteiger partial charge on any atom is 0.325 e. The highest BCUT2D eigenvalue weighted by atomic mass is 16.5. The lowest BCUT2D eigenvalue weighted by molar-refractivity contribution is -0.141. The largest absolute Gasteiger partial charge is 0.497 e. The molecule has 0 saturated heterocycles. The van der Waals surface area contributed by atoms with Gasteiger partial charge in [-0.3, -0.25) is 9.78 Å². The molecule has 0 fully saturated rings. The van der Waals surface area contributed by atoms with Crippen LogP contribution in [0.3, 0.4) is 0 Å². The average Bonchev–Trinajstić information content (AvgIpc) is 3.09.